The monoisotopic (exact) mass is 332 g/mol. The van der Waals surface area contributed by atoms with Gasteiger partial charge in [-0.1, -0.05) is 0 Å². The predicted octanol–water partition coefficient (Wildman–Crippen LogP) is 1.15. The fourth-order valence-electron chi connectivity index (χ4n) is 1.95. The van der Waals surface area contributed by atoms with E-state index in [0.29, 0.717) is 23.0 Å². The number of hydrogen-bond donors (Lipinski definition) is 1. The Morgan fingerprint density at radius 2 is 2.28 bits per heavy atom. The normalized spacial score (nSPS) is 22.4. The van der Waals surface area contributed by atoms with Gasteiger partial charge in [0, 0.05) is 17.8 Å². The van der Waals surface area contributed by atoms with Crippen molar-refractivity contribution in [1.82, 2.24) is 10.3 Å². The van der Waals surface area contributed by atoms with Crippen LogP contribution in [0, 0.1) is 0 Å². The molecule has 1 unspecified atom stereocenters. The lowest BCUT2D eigenvalue weighted by Gasteiger charge is -2.22. The van der Waals surface area contributed by atoms with Crippen LogP contribution in [0.4, 0.5) is 0 Å². The first-order chi connectivity index (χ1) is 8.46. The van der Waals surface area contributed by atoms with Crippen molar-refractivity contribution in [2.75, 3.05) is 11.5 Å². The summed E-state index contributed by atoms with van der Waals surface area (Å²) in [5.41, 5.74) is 0.472. The molecule has 1 N–H and O–H groups in total. The third kappa shape index (κ3) is 3.52. The Labute approximate surface area is 114 Å². The van der Waals surface area contributed by atoms with Gasteiger partial charge in [-0.3, -0.25) is 4.79 Å². The maximum Gasteiger partial charge on any atom is 0.251 e. The highest BCUT2D eigenvalue weighted by Crippen LogP contribution is 2.13. The minimum Gasteiger partial charge on any atom is -0.348 e. The third-order valence-corrected chi connectivity index (χ3v) is 5.04. The zero-order chi connectivity index (χ0) is 13.2. The Balaban J connectivity index is 2.03. The molecule has 0 aliphatic carbocycles. The van der Waals surface area contributed by atoms with Gasteiger partial charge < -0.3 is 5.32 Å². The minimum absolute atomic E-state index is 0.0327. The van der Waals surface area contributed by atoms with Crippen molar-refractivity contribution in [3.05, 3.63) is 28.5 Å². The number of nitrogens with one attached hydrogen (secondary N) is 1. The van der Waals surface area contributed by atoms with Gasteiger partial charge in [-0.25, -0.2) is 13.4 Å². The van der Waals surface area contributed by atoms with Crippen LogP contribution in [0.3, 0.4) is 0 Å². The molecule has 0 aromatic carbocycles. The van der Waals surface area contributed by atoms with Gasteiger partial charge in [-0.15, -0.1) is 0 Å². The Kier molecular flexibility index (Phi) is 4.01. The first kappa shape index (κ1) is 13.5. The van der Waals surface area contributed by atoms with Crippen molar-refractivity contribution in [3.8, 4) is 0 Å². The fraction of sp³-hybridized carbons (Fsp3) is 0.455. The number of halogens is 1. The smallest absolute Gasteiger partial charge is 0.251 e. The Morgan fingerprint density at radius 1 is 1.50 bits per heavy atom. The first-order valence-electron chi connectivity index (χ1n) is 5.59. The van der Waals surface area contributed by atoms with E-state index >= 15 is 0 Å². The molecule has 1 aliphatic rings. The second kappa shape index (κ2) is 5.36. The largest absolute Gasteiger partial charge is 0.348 e. The standard InChI is InChI=1S/C11H13BrN2O3S/c12-10-6-8(3-4-13-10)11(15)14-9-2-1-5-18(16,17)7-9/h3-4,6,9H,1-2,5,7H2,(H,14,15). The molecule has 0 radical (unpaired) electrons. The number of amides is 1. The van der Waals surface area contributed by atoms with E-state index in [4.69, 9.17) is 0 Å². The van der Waals surface area contributed by atoms with Crippen LogP contribution in [0.1, 0.15) is 23.2 Å². The summed E-state index contributed by atoms with van der Waals surface area (Å²) in [6.45, 7) is 0. The highest BCUT2D eigenvalue weighted by atomic mass is 79.9. The molecule has 0 bridgehead atoms. The van der Waals surface area contributed by atoms with Crippen molar-refractivity contribution < 1.29 is 13.2 Å². The molecule has 5 nitrogen and oxygen atoms in total. The van der Waals surface area contributed by atoms with Gasteiger partial charge in [0.2, 0.25) is 0 Å². The number of pyridine rings is 1. The first-order valence-corrected chi connectivity index (χ1v) is 8.20. The molecule has 98 valence electrons. The van der Waals surface area contributed by atoms with Gasteiger partial charge >= 0.3 is 0 Å². The van der Waals surface area contributed by atoms with E-state index in [2.05, 4.69) is 26.2 Å². The lowest BCUT2D eigenvalue weighted by molar-refractivity contribution is 0.0938. The second-order valence-electron chi connectivity index (χ2n) is 4.29. The van der Waals surface area contributed by atoms with Crippen LogP contribution in [0.2, 0.25) is 0 Å². The van der Waals surface area contributed by atoms with Crippen LogP contribution in [0.25, 0.3) is 0 Å². The van der Waals surface area contributed by atoms with Crippen LogP contribution < -0.4 is 5.32 Å². The van der Waals surface area contributed by atoms with Gasteiger partial charge in [-0.05, 0) is 40.9 Å². The second-order valence-corrected chi connectivity index (χ2v) is 7.34. The van der Waals surface area contributed by atoms with Crippen molar-refractivity contribution in [2.24, 2.45) is 0 Å². The van der Waals surface area contributed by atoms with Gasteiger partial charge in [0.25, 0.3) is 5.91 Å². The summed E-state index contributed by atoms with van der Waals surface area (Å²) in [6, 6.07) is 2.91. The maximum absolute atomic E-state index is 11.9. The van der Waals surface area contributed by atoms with Crippen LogP contribution in [-0.2, 0) is 9.84 Å². The number of rotatable bonds is 2. The summed E-state index contributed by atoms with van der Waals surface area (Å²) in [7, 11) is -3.00. The molecule has 18 heavy (non-hydrogen) atoms. The van der Waals surface area contributed by atoms with Crippen LogP contribution >= 0.6 is 15.9 Å². The highest BCUT2D eigenvalue weighted by molar-refractivity contribution is 9.10. The lowest BCUT2D eigenvalue weighted by atomic mass is 10.1. The van der Waals surface area contributed by atoms with Crippen molar-refractivity contribution in [2.45, 2.75) is 18.9 Å². The summed E-state index contributed by atoms with van der Waals surface area (Å²) in [5.74, 6) is -0.00858. The van der Waals surface area contributed by atoms with Crippen LogP contribution in [0.5, 0.6) is 0 Å². The summed E-state index contributed by atoms with van der Waals surface area (Å²) in [6.07, 6.45) is 2.83. The zero-order valence-corrected chi connectivity index (χ0v) is 12.0. The Bertz CT molecular complexity index is 559. The number of carbonyl (C=O) groups is 1. The molecule has 7 heteroatoms. The van der Waals surface area contributed by atoms with Gasteiger partial charge in [0.1, 0.15) is 4.60 Å². The average molecular weight is 333 g/mol. The fourth-order valence-corrected chi connectivity index (χ4v) is 3.95. The lowest BCUT2D eigenvalue weighted by Crippen LogP contribution is -2.43. The van der Waals surface area contributed by atoms with Crippen molar-refractivity contribution in [1.29, 1.82) is 0 Å². The Morgan fingerprint density at radius 3 is 2.94 bits per heavy atom. The van der Waals surface area contributed by atoms with Gasteiger partial charge in [0.15, 0.2) is 9.84 Å². The molecule has 2 rings (SSSR count). The molecule has 1 atom stereocenters. The number of nitrogens with zero attached hydrogens (tertiary/aromatic N) is 1. The van der Waals surface area contributed by atoms with Gasteiger partial charge in [0.05, 0.1) is 11.5 Å². The summed E-state index contributed by atoms with van der Waals surface area (Å²) >= 11 is 3.19. The molecule has 1 aromatic rings. The molecule has 1 aromatic heterocycles. The van der Waals surface area contributed by atoms with Crippen molar-refractivity contribution >= 4 is 31.7 Å². The van der Waals surface area contributed by atoms with Gasteiger partial charge in [-0.2, -0.15) is 0 Å². The van der Waals surface area contributed by atoms with E-state index in [1.165, 1.54) is 6.20 Å². The number of carbonyl (C=O) groups excluding carboxylic acids is 1. The Hall–Kier alpha value is -0.950. The summed E-state index contributed by atoms with van der Waals surface area (Å²) < 4.78 is 23.5. The number of sulfone groups is 1. The topological polar surface area (TPSA) is 76.1 Å². The SMILES string of the molecule is O=C(NC1CCCS(=O)(=O)C1)c1ccnc(Br)c1. The molecule has 1 amide bonds. The van der Waals surface area contributed by atoms with E-state index in [9.17, 15) is 13.2 Å². The molecule has 2 heterocycles. The van der Waals surface area contributed by atoms with Crippen LogP contribution in [-0.4, -0.2) is 36.9 Å². The van der Waals surface area contributed by atoms with Crippen LogP contribution in [0.15, 0.2) is 22.9 Å². The van der Waals surface area contributed by atoms with E-state index < -0.39 is 9.84 Å². The number of hydrogen-bond acceptors (Lipinski definition) is 4. The molecular weight excluding hydrogens is 320 g/mol. The molecule has 1 aliphatic heterocycles. The van der Waals surface area contributed by atoms with E-state index in [1.54, 1.807) is 12.1 Å². The maximum atomic E-state index is 11.9. The number of aromatic nitrogens is 1. The minimum atomic E-state index is -3.00. The molecular formula is C11H13BrN2O3S. The van der Waals surface area contributed by atoms with Crippen molar-refractivity contribution in [3.63, 3.8) is 0 Å². The summed E-state index contributed by atoms with van der Waals surface area (Å²) in [4.78, 5) is 15.9. The quantitative estimate of drug-likeness (QED) is 0.824. The highest BCUT2D eigenvalue weighted by Gasteiger charge is 2.26. The molecule has 1 fully saturated rings. The average Bonchev–Trinajstić information content (AvgIpc) is 2.27. The molecule has 0 saturated carbocycles. The summed E-state index contributed by atoms with van der Waals surface area (Å²) in [5, 5.41) is 2.75. The van der Waals surface area contributed by atoms with E-state index in [-0.39, 0.29) is 23.5 Å². The molecule has 1 saturated heterocycles. The third-order valence-electron chi connectivity index (χ3n) is 2.79. The molecule has 0 spiro atoms. The predicted molar refractivity (Wildman–Crippen MR) is 71.1 cm³/mol. The van der Waals surface area contributed by atoms with E-state index in [0.717, 1.165) is 0 Å². The zero-order valence-electron chi connectivity index (χ0n) is 9.60. The van der Waals surface area contributed by atoms with E-state index in [1.807, 2.05) is 0 Å².